The van der Waals surface area contributed by atoms with E-state index in [2.05, 4.69) is 29.8 Å². The van der Waals surface area contributed by atoms with Crippen LogP contribution in [0.25, 0.3) is 0 Å². The van der Waals surface area contributed by atoms with Crippen molar-refractivity contribution in [3.63, 3.8) is 0 Å². The van der Waals surface area contributed by atoms with Crippen molar-refractivity contribution < 1.29 is 28.6 Å². The van der Waals surface area contributed by atoms with Crippen LogP contribution in [0.3, 0.4) is 0 Å². The monoisotopic (exact) mass is 493 g/mol. The molecule has 198 valence electrons. The third kappa shape index (κ3) is 12.6. The number of hydrogen-bond acceptors (Lipinski definition) is 7. The maximum absolute atomic E-state index is 12.2. The van der Waals surface area contributed by atoms with Gasteiger partial charge in [0.2, 0.25) is 5.91 Å². The lowest BCUT2D eigenvalue weighted by Gasteiger charge is -2.29. The van der Waals surface area contributed by atoms with E-state index in [-0.39, 0.29) is 42.6 Å². The topological polar surface area (TPSA) is 115 Å². The minimum absolute atomic E-state index is 0.0184. The third-order valence-electron chi connectivity index (χ3n) is 5.72. The molecule has 0 bridgehead atoms. The quantitative estimate of drug-likeness (QED) is 0.340. The summed E-state index contributed by atoms with van der Waals surface area (Å²) in [4.78, 5) is 35.3. The van der Waals surface area contributed by atoms with Crippen LogP contribution in [0.2, 0.25) is 0 Å². The highest BCUT2D eigenvalue weighted by molar-refractivity contribution is 5.77. The van der Waals surface area contributed by atoms with E-state index >= 15 is 0 Å². The van der Waals surface area contributed by atoms with Crippen LogP contribution in [0.1, 0.15) is 70.6 Å². The second-order valence-electron chi connectivity index (χ2n) is 10.00. The lowest BCUT2D eigenvalue weighted by Crippen LogP contribution is -2.39. The molecule has 0 aliphatic rings. The van der Waals surface area contributed by atoms with E-state index in [1.54, 1.807) is 12.1 Å². The van der Waals surface area contributed by atoms with Crippen molar-refractivity contribution in [3.8, 4) is 5.75 Å². The van der Waals surface area contributed by atoms with Crippen molar-refractivity contribution in [2.75, 3.05) is 26.7 Å². The van der Waals surface area contributed by atoms with Crippen molar-refractivity contribution in [1.82, 2.24) is 16.0 Å². The molecule has 0 aliphatic carbocycles. The number of benzene rings is 1. The zero-order chi connectivity index (χ0) is 26.6. The zero-order valence-corrected chi connectivity index (χ0v) is 22.6. The molecule has 0 heterocycles. The van der Waals surface area contributed by atoms with Crippen LogP contribution in [0.5, 0.6) is 5.75 Å². The molecule has 0 saturated carbocycles. The van der Waals surface area contributed by atoms with Gasteiger partial charge in [0.05, 0.1) is 5.60 Å². The summed E-state index contributed by atoms with van der Waals surface area (Å²) in [5.74, 6) is -0.0659. The summed E-state index contributed by atoms with van der Waals surface area (Å²) in [7, 11) is 1.93. The van der Waals surface area contributed by atoms with E-state index in [1.165, 1.54) is 6.92 Å². The first-order chi connectivity index (χ1) is 16.2. The largest absolute Gasteiger partial charge is 0.461 e. The van der Waals surface area contributed by atoms with Gasteiger partial charge in [0.15, 0.2) is 0 Å². The van der Waals surface area contributed by atoms with Crippen molar-refractivity contribution >= 4 is 18.0 Å². The Bertz CT molecular complexity index is 844. The van der Waals surface area contributed by atoms with Crippen molar-refractivity contribution in [3.05, 3.63) is 28.8 Å². The van der Waals surface area contributed by atoms with E-state index in [9.17, 15) is 14.4 Å². The van der Waals surface area contributed by atoms with Gasteiger partial charge in [-0.1, -0.05) is 0 Å². The number of ether oxygens (including phenoxy) is 3. The second kappa shape index (κ2) is 14.0. The molecule has 2 amide bonds. The predicted octanol–water partition coefficient (Wildman–Crippen LogP) is 3.53. The Kier molecular flexibility index (Phi) is 12.2. The van der Waals surface area contributed by atoms with Crippen molar-refractivity contribution in [2.24, 2.45) is 0 Å². The lowest BCUT2D eigenvalue weighted by molar-refractivity contribution is -0.142. The number of aryl methyl sites for hydroxylation is 2. The summed E-state index contributed by atoms with van der Waals surface area (Å²) in [6.45, 7) is 14.7. The molecule has 3 N–H and O–H groups in total. The van der Waals surface area contributed by atoms with Gasteiger partial charge in [-0.15, -0.1) is 0 Å². The Morgan fingerprint density at radius 3 is 2.14 bits per heavy atom. The second-order valence-corrected chi connectivity index (χ2v) is 10.00. The molecule has 9 nitrogen and oxygen atoms in total. The number of rotatable bonds is 14. The highest BCUT2D eigenvalue weighted by Crippen LogP contribution is 2.25. The highest BCUT2D eigenvalue weighted by Gasteiger charge is 2.21. The van der Waals surface area contributed by atoms with Gasteiger partial charge < -0.3 is 30.2 Å². The predicted molar refractivity (Wildman–Crippen MR) is 135 cm³/mol. The van der Waals surface area contributed by atoms with E-state index in [1.807, 2.05) is 34.7 Å². The smallest absolute Gasteiger partial charge is 0.412 e. The summed E-state index contributed by atoms with van der Waals surface area (Å²) in [5, 5.41) is 8.72. The van der Waals surface area contributed by atoms with Crippen LogP contribution in [0.15, 0.2) is 12.1 Å². The molecule has 0 atom stereocenters. The minimum atomic E-state index is -0.629. The van der Waals surface area contributed by atoms with Crippen LogP contribution < -0.4 is 20.7 Å². The molecule has 0 radical (unpaired) electrons. The summed E-state index contributed by atoms with van der Waals surface area (Å²) >= 11 is 0. The Morgan fingerprint density at radius 2 is 1.57 bits per heavy atom. The molecule has 1 aromatic rings. The number of amides is 2. The standard InChI is InChI=1S/C26H43N3O6/c1-18-15-21(17-33-20(3)30)16-19(2)23(18)35-24(32)29-12-9-22(31)28-13-10-26(6,7)34-14-11-25(4,5)27-8/h15-16,27H,9-14,17H2,1-8H3,(H,28,31)(H,29,32). The average Bonchev–Trinajstić information content (AvgIpc) is 2.74. The number of esters is 1. The van der Waals surface area contributed by atoms with Gasteiger partial charge >= 0.3 is 12.1 Å². The van der Waals surface area contributed by atoms with Gasteiger partial charge in [-0.25, -0.2) is 4.79 Å². The van der Waals surface area contributed by atoms with Crippen LogP contribution in [-0.2, 0) is 25.7 Å². The van der Waals surface area contributed by atoms with Gasteiger partial charge in [-0.3, -0.25) is 9.59 Å². The normalized spacial score (nSPS) is 11.7. The SMILES string of the molecule is CNC(C)(C)CCOC(C)(C)CCNC(=O)CCNC(=O)Oc1c(C)cc(COC(C)=O)cc1C. The number of carbonyl (C=O) groups excluding carboxylic acids is 3. The van der Waals surface area contributed by atoms with Crippen LogP contribution in [0.4, 0.5) is 4.79 Å². The van der Waals surface area contributed by atoms with Gasteiger partial charge in [0, 0.05) is 38.6 Å². The molecular formula is C26H43N3O6. The summed E-state index contributed by atoms with van der Waals surface area (Å²) in [5.41, 5.74) is 1.99. The molecule has 0 unspecified atom stereocenters. The Balaban J connectivity index is 2.34. The van der Waals surface area contributed by atoms with Gasteiger partial charge in [0.25, 0.3) is 0 Å². The molecule has 1 aromatic carbocycles. The fourth-order valence-electron chi connectivity index (χ4n) is 3.25. The number of nitrogens with one attached hydrogen (secondary N) is 3. The lowest BCUT2D eigenvalue weighted by atomic mass is 10.0. The molecule has 1 rings (SSSR count). The molecule has 0 spiro atoms. The maximum atomic E-state index is 12.2. The molecule has 35 heavy (non-hydrogen) atoms. The van der Waals surface area contributed by atoms with Gasteiger partial charge in [-0.2, -0.15) is 0 Å². The summed E-state index contributed by atoms with van der Waals surface area (Å²) < 4.78 is 16.4. The van der Waals surface area contributed by atoms with E-state index < -0.39 is 6.09 Å². The van der Waals surface area contributed by atoms with E-state index in [4.69, 9.17) is 14.2 Å². The molecular weight excluding hydrogens is 450 g/mol. The Labute approximate surface area is 209 Å². The van der Waals surface area contributed by atoms with E-state index in [0.29, 0.717) is 25.3 Å². The first kappa shape index (κ1) is 30.4. The average molecular weight is 494 g/mol. The minimum Gasteiger partial charge on any atom is -0.461 e. The molecule has 9 heteroatoms. The van der Waals surface area contributed by atoms with Gasteiger partial charge in [0.1, 0.15) is 12.4 Å². The van der Waals surface area contributed by atoms with Crippen molar-refractivity contribution in [1.29, 1.82) is 0 Å². The fraction of sp³-hybridized carbons (Fsp3) is 0.654. The van der Waals surface area contributed by atoms with Crippen molar-refractivity contribution in [2.45, 2.75) is 85.5 Å². The van der Waals surface area contributed by atoms with E-state index in [0.717, 1.165) is 23.1 Å². The highest BCUT2D eigenvalue weighted by atomic mass is 16.6. The molecule has 0 saturated heterocycles. The third-order valence-corrected chi connectivity index (χ3v) is 5.72. The molecule has 0 aliphatic heterocycles. The van der Waals surface area contributed by atoms with Gasteiger partial charge in [-0.05, 0) is 90.3 Å². The molecule has 0 fully saturated rings. The zero-order valence-electron chi connectivity index (χ0n) is 22.6. The van der Waals surface area contributed by atoms with Crippen LogP contribution in [0, 0.1) is 13.8 Å². The first-order valence-corrected chi connectivity index (χ1v) is 12.0. The fourth-order valence-corrected chi connectivity index (χ4v) is 3.25. The Hall–Kier alpha value is -2.65. The van der Waals surface area contributed by atoms with Crippen LogP contribution >= 0.6 is 0 Å². The number of carbonyl (C=O) groups is 3. The molecule has 0 aromatic heterocycles. The first-order valence-electron chi connectivity index (χ1n) is 12.0. The summed E-state index contributed by atoms with van der Waals surface area (Å²) in [6.07, 6.45) is 1.08. The summed E-state index contributed by atoms with van der Waals surface area (Å²) in [6, 6.07) is 3.61. The number of hydrogen-bond donors (Lipinski definition) is 3. The maximum Gasteiger partial charge on any atom is 0.412 e. The van der Waals surface area contributed by atoms with Crippen LogP contribution in [-0.4, -0.2) is 55.9 Å². The Morgan fingerprint density at radius 1 is 0.943 bits per heavy atom.